The Balaban J connectivity index is 2.25. The number of anilines is 1. The van der Waals surface area contributed by atoms with Crippen molar-refractivity contribution in [3.8, 4) is 0 Å². The van der Waals surface area contributed by atoms with Gasteiger partial charge in [-0.05, 0) is 32.4 Å². The molecule has 0 spiro atoms. The summed E-state index contributed by atoms with van der Waals surface area (Å²) in [4.78, 5) is 24.7. The molecule has 2 rings (SSSR count). The molecule has 1 aromatic carbocycles. The zero-order valence-corrected chi connectivity index (χ0v) is 11.9. The van der Waals surface area contributed by atoms with Crippen LogP contribution in [0.15, 0.2) is 24.3 Å². The van der Waals surface area contributed by atoms with Gasteiger partial charge < -0.3 is 9.84 Å². The van der Waals surface area contributed by atoms with E-state index in [0.29, 0.717) is 6.54 Å². The van der Waals surface area contributed by atoms with Crippen molar-refractivity contribution < 1.29 is 19.4 Å². The third-order valence-corrected chi connectivity index (χ3v) is 3.11. The van der Waals surface area contributed by atoms with Crippen LogP contribution in [0.2, 0.25) is 0 Å². The molecule has 1 N–H and O–H groups in total. The summed E-state index contributed by atoms with van der Waals surface area (Å²) in [6, 6.07) is 7.38. The minimum atomic E-state index is -0.865. The molecule has 108 valence electrons. The van der Waals surface area contributed by atoms with Crippen LogP contribution in [0.5, 0.6) is 0 Å². The first kappa shape index (κ1) is 14.4. The molecule has 0 aliphatic carbocycles. The van der Waals surface area contributed by atoms with E-state index in [1.807, 2.05) is 45.0 Å². The van der Waals surface area contributed by atoms with Crippen LogP contribution in [-0.4, -0.2) is 29.3 Å². The Bertz CT molecular complexity index is 533. The topological polar surface area (TPSA) is 66.8 Å². The summed E-state index contributed by atoms with van der Waals surface area (Å²) in [7, 11) is 0. The fourth-order valence-corrected chi connectivity index (χ4v) is 2.37. The van der Waals surface area contributed by atoms with E-state index in [-0.39, 0.29) is 12.3 Å². The van der Waals surface area contributed by atoms with Crippen LogP contribution < -0.4 is 4.90 Å². The van der Waals surface area contributed by atoms with Crippen molar-refractivity contribution in [1.29, 1.82) is 0 Å². The van der Waals surface area contributed by atoms with Crippen LogP contribution in [0.1, 0.15) is 38.7 Å². The highest BCUT2D eigenvalue weighted by Gasteiger charge is 2.35. The largest absolute Gasteiger partial charge is 0.481 e. The second-order valence-electron chi connectivity index (χ2n) is 5.94. The third-order valence-electron chi connectivity index (χ3n) is 3.11. The van der Waals surface area contributed by atoms with E-state index in [9.17, 15) is 9.59 Å². The molecule has 1 atom stereocenters. The summed E-state index contributed by atoms with van der Waals surface area (Å²) in [6.07, 6.45) is -0.422. The molecule has 0 saturated heterocycles. The molecular formula is C15H19NO4. The van der Waals surface area contributed by atoms with Crippen LogP contribution in [0.4, 0.5) is 10.5 Å². The number of aliphatic carboxylic acids is 1. The van der Waals surface area contributed by atoms with Gasteiger partial charge in [-0.2, -0.15) is 0 Å². The number of ether oxygens (including phenoxy) is 1. The van der Waals surface area contributed by atoms with Gasteiger partial charge in [0, 0.05) is 12.5 Å². The number of carbonyl (C=O) groups is 2. The Labute approximate surface area is 118 Å². The molecule has 0 aromatic heterocycles. The van der Waals surface area contributed by atoms with Crippen molar-refractivity contribution in [3.05, 3.63) is 29.8 Å². The van der Waals surface area contributed by atoms with E-state index < -0.39 is 17.7 Å². The summed E-state index contributed by atoms with van der Waals surface area (Å²) < 4.78 is 5.37. The maximum absolute atomic E-state index is 12.2. The van der Waals surface area contributed by atoms with E-state index in [1.54, 1.807) is 0 Å². The molecule has 5 nitrogen and oxygen atoms in total. The zero-order valence-electron chi connectivity index (χ0n) is 11.9. The number of fused-ring (bicyclic) bond motifs is 1. The van der Waals surface area contributed by atoms with Crippen molar-refractivity contribution in [1.82, 2.24) is 0 Å². The number of rotatable bonds is 2. The number of carbonyl (C=O) groups excluding carboxylic acids is 1. The van der Waals surface area contributed by atoms with Gasteiger partial charge in [-0.3, -0.25) is 9.69 Å². The smallest absolute Gasteiger partial charge is 0.414 e. The number of hydrogen-bond acceptors (Lipinski definition) is 3. The molecular weight excluding hydrogens is 258 g/mol. The van der Waals surface area contributed by atoms with Crippen LogP contribution >= 0.6 is 0 Å². The predicted octanol–water partition coefficient (Wildman–Crippen LogP) is 3.00. The Morgan fingerprint density at radius 2 is 2.00 bits per heavy atom. The highest BCUT2D eigenvalue weighted by atomic mass is 16.6. The summed E-state index contributed by atoms with van der Waals surface area (Å²) in [5.41, 5.74) is 1.06. The Hall–Kier alpha value is -2.04. The van der Waals surface area contributed by atoms with Crippen LogP contribution in [0.25, 0.3) is 0 Å². The first-order valence-corrected chi connectivity index (χ1v) is 6.59. The van der Waals surface area contributed by atoms with Gasteiger partial charge in [0.15, 0.2) is 0 Å². The molecule has 1 aliphatic heterocycles. The lowest BCUT2D eigenvalue weighted by Gasteiger charge is -2.25. The average molecular weight is 277 g/mol. The van der Waals surface area contributed by atoms with Gasteiger partial charge in [0.2, 0.25) is 0 Å². The average Bonchev–Trinajstić information content (AvgIpc) is 2.66. The minimum Gasteiger partial charge on any atom is -0.481 e. The third kappa shape index (κ3) is 3.10. The maximum Gasteiger partial charge on any atom is 0.414 e. The Morgan fingerprint density at radius 1 is 1.35 bits per heavy atom. The van der Waals surface area contributed by atoms with E-state index in [2.05, 4.69) is 0 Å². The first-order valence-electron chi connectivity index (χ1n) is 6.59. The van der Waals surface area contributed by atoms with Crippen molar-refractivity contribution in [2.24, 2.45) is 0 Å². The number of hydrogen-bond donors (Lipinski definition) is 1. The quantitative estimate of drug-likeness (QED) is 0.902. The Kier molecular flexibility index (Phi) is 3.70. The summed E-state index contributed by atoms with van der Waals surface area (Å²) in [6.45, 7) is 5.77. The number of para-hydroxylation sites is 1. The van der Waals surface area contributed by atoms with E-state index in [0.717, 1.165) is 11.3 Å². The second kappa shape index (κ2) is 5.15. The lowest BCUT2D eigenvalue weighted by Crippen LogP contribution is -2.36. The van der Waals surface area contributed by atoms with Crippen LogP contribution in [0, 0.1) is 0 Å². The highest BCUT2D eigenvalue weighted by Crippen LogP contribution is 2.38. The number of carboxylic acid groups (broad SMARTS) is 1. The van der Waals surface area contributed by atoms with Crippen molar-refractivity contribution in [3.63, 3.8) is 0 Å². The molecule has 0 fully saturated rings. The molecule has 20 heavy (non-hydrogen) atoms. The highest BCUT2D eigenvalue weighted by molar-refractivity contribution is 5.91. The van der Waals surface area contributed by atoms with Gasteiger partial charge in [0.1, 0.15) is 5.60 Å². The van der Waals surface area contributed by atoms with E-state index in [1.165, 1.54) is 4.90 Å². The normalized spacial score (nSPS) is 17.8. The van der Waals surface area contributed by atoms with Gasteiger partial charge in [0.25, 0.3) is 0 Å². The van der Waals surface area contributed by atoms with Crippen molar-refractivity contribution >= 4 is 17.7 Å². The molecule has 5 heteroatoms. The molecule has 0 bridgehead atoms. The lowest BCUT2D eigenvalue weighted by atomic mass is 9.98. The van der Waals surface area contributed by atoms with E-state index >= 15 is 0 Å². The number of benzene rings is 1. The minimum absolute atomic E-state index is 0.0102. The molecule has 1 heterocycles. The summed E-state index contributed by atoms with van der Waals surface area (Å²) >= 11 is 0. The monoisotopic (exact) mass is 277 g/mol. The molecule has 1 aromatic rings. The van der Waals surface area contributed by atoms with Gasteiger partial charge in [0.05, 0.1) is 12.1 Å². The second-order valence-corrected chi connectivity index (χ2v) is 5.94. The van der Waals surface area contributed by atoms with E-state index in [4.69, 9.17) is 9.84 Å². The first-order chi connectivity index (χ1) is 9.28. The SMILES string of the molecule is CC(C)(C)OC(=O)N1C[C@@H](CC(=O)O)c2ccccc21. The van der Waals surface area contributed by atoms with Gasteiger partial charge in [-0.15, -0.1) is 0 Å². The van der Waals surface area contributed by atoms with Crippen LogP contribution in [-0.2, 0) is 9.53 Å². The van der Waals surface area contributed by atoms with Gasteiger partial charge in [-0.25, -0.2) is 4.79 Å². The number of nitrogens with zero attached hydrogens (tertiary/aromatic N) is 1. The predicted molar refractivity (Wildman–Crippen MR) is 75.0 cm³/mol. The standard InChI is InChI=1S/C15H19NO4/c1-15(2,3)20-14(19)16-9-10(8-13(17)18)11-6-4-5-7-12(11)16/h4-7,10H,8-9H2,1-3H3,(H,17,18)/t10-/m1/s1. The lowest BCUT2D eigenvalue weighted by molar-refractivity contribution is -0.137. The molecule has 0 radical (unpaired) electrons. The molecule has 1 aliphatic rings. The van der Waals surface area contributed by atoms with Crippen molar-refractivity contribution in [2.45, 2.75) is 38.7 Å². The number of amides is 1. The molecule has 1 amide bonds. The fraction of sp³-hybridized carbons (Fsp3) is 0.467. The summed E-state index contributed by atoms with van der Waals surface area (Å²) in [5, 5.41) is 8.98. The van der Waals surface area contributed by atoms with Crippen LogP contribution in [0.3, 0.4) is 0 Å². The zero-order chi connectivity index (χ0) is 14.9. The summed E-state index contributed by atoms with van der Waals surface area (Å²) in [5.74, 6) is -1.05. The number of carboxylic acids is 1. The maximum atomic E-state index is 12.2. The van der Waals surface area contributed by atoms with Crippen molar-refractivity contribution in [2.75, 3.05) is 11.4 Å². The Morgan fingerprint density at radius 3 is 2.60 bits per heavy atom. The molecule has 0 saturated carbocycles. The van der Waals surface area contributed by atoms with Gasteiger partial charge in [-0.1, -0.05) is 18.2 Å². The molecule has 0 unspecified atom stereocenters. The van der Waals surface area contributed by atoms with Gasteiger partial charge >= 0.3 is 12.1 Å². The fourth-order valence-electron chi connectivity index (χ4n) is 2.37.